The smallest absolute Gasteiger partial charge is 0.270 e. The Morgan fingerprint density at radius 2 is 2.00 bits per heavy atom. The Balaban J connectivity index is 1.45. The van der Waals surface area contributed by atoms with Gasteiger partial charge in [0, 0.05) is 19.0 Å². The summed E-state index contributed by atoms with van der Waals surface area (Å²) in [5.74, 6) is 2.46. The number of hydrogen-bond acceptors (Lipinski definition) is 4. The lowest BCUT2D eigenvalue weighted by Crippen LogP contribution is -2.31. The zero-order chi connectivity index (χ0) is 20.4. The standard InChI is InChI=1S/C23H32N2O3S/c1-29(27,28)12-11-24-23(26)22-21-8-3-2-7-20(21)19(15-25-22)6-4-5-17-13-16-9-10-18(17)14-16/h4,6,15-18H,2-3,5,7-14H2,1H3,(H,24,26)/b6-4+/t16-,17-,18-/m1/s1. The van der Waals surface area contributed by atoms with Gasteiger partial charge < -0.3 is 5.32 Å². The molecular weight excluding hydrogens is 384 g/mol. The molecule has 4 rings (SSSR count). The third-order valence-corrected chi connectivity index (χ3v) is 7.97. The minimum absolute atomic E-state index is 0.0508. The highest BCUT2D eigenvalue weighted by molar-refractivity contribution is 7.90. The van der Waals surface area contributed by atoms with E-state index in [1.165, 1.54) is 37.5 Å². The summed E-state index contributed by atoms with van der Waals surface area (Å²) < 4.78 is 22.6. The maximum Gasteiger partial charge on any atom is 0.270 e. The summed E-state index contributed by atoms with van der Waals surface area (Å²) >= 11 is 0. The molecule has 1 aromatic rings. The lowest BCUT2D eigenvalue weighted by molar-refractivity contribution is 0.0949. The fourth-order valence-electron chi connectivity index (χ4n) is 5.58. The van der Waals surface area contributed by atoms with Crippen molar-refractivity contribution >= 4 is 21.8 Å². The summed E-state index contributed by atoms with van der Waals surface area (Å²) in [6.07, 6.45) is 18.5. The molecule has 2 saturated carbocycles. The summed E-state index contributed by atoms with van der Waals surface area (Å²) in [7, 11) is -3.09. The molecule has 1 heterocycles. The molecule has 29 heavy (non-hydrogen) atoms. The summed E-state index contributed by atoms with van der Waals surface area (Å²) in [6.45, 7) is 0.124. The van der Waals surface area contributed by atoms with Crippen LogP contribution in [0.5, 0.6) is 0 Å². The molecule has 0 aliphatic heterocycles. The van der Waals surface area contributed by atoms with Crippen LogP contribution in [-0.4, -0.2) is 37.9 Å². The highest BCUT2D eigenvalue weighted by Crippen LogP contribution is 2.49. The number of carbonyl (C=O) groups is 1. The number of carbonyl (C=O) groups excluding carboxylic acids is 1. The predicted octanol–water partition coefficient (Wildman–Crippen LogP) is 3.57. The van der Waals surface area contributed by atoms with Crippen molar-refractivity contribution in [2.45, 2.75) is 57.8 Å². The number of nitrogens with one attached hydrogen (secondary N) is 1. The van der Waals surface area contributed by atoms with Crippen molar-refractivity contribution in [3.8, 4) is 0 Å². The molecule has 3 aliphatic rings. The number of fused-ring (bicyclic) bond motifs is 3. The maximum absolute atomic E-state index is 12.6. The summed E-state index contributed by atoms with van der Waals surface area (Å²) in [6, 6.07) is 0. The van der Waals surface area contributed by atoms with Crippen molar-refractivity contribution < 1.29 is 13.2 Å². The van der Waals surface area contributed by atoms with Gasteiger partial charge in [-0.1, -0.05) is 18.6 Å². The van der Waals surface area contributed by atoms with Gasteiger partial charge in [-0.15, -0.1) is 0 Å². The molecule has 0 radical (unpaired) electrons. The third kappa shape index (κ3) is 4.90. The second kappa shape index (κ2) is 8.58. The summed E-state index contributed by atoms with van der Waals surface area (Å²) in [4.78, 5) is 17.1. The monoisotopic (exact) mass is 416 g/mol. The zero-order valence-electron chi connectivity index (χ0n) is 17.3. The molecule has 1 N–H and O–H groups in total. The number of amides is 1. The number of hydrogen-bond donors (Lipinski definition) is 1. The molecular formula is C23H32N2O3S. The first-order valence-electron chi connectivity index (χ1n) is 11.0. The van der Waals surface area contributed by atoms with Crippen LogP contribution in [0.15, 0.2) is 12.3 Å². The average Bonchev–Trinajstić information content (AvgIpc) is 3.30. The Bertz CT molecular complexity index is 907. The first kappa shape index (κ1) is 20.6. The minimum Gasteiger partial charge on any atom is -0.350 e. The van der Waals surface area contributed by atoms with E-state index in [1.54, 1.807) is 0 Å². The Morgan fingerprint density at radius 3 is 2.69 bits per heavy atom. The van der Waals surface area contributed by atoms with E-state index >= 15 is 0 Å². The van der Waals surface area contributed by atoms with E-state index in [0.717, 1.165) is 61.0 Å². The number of nitrogens with zero attached hydrogens (tertiary/aromatic N) is 1. The topological polar surface area (TPSA) is 76.1 Å². The van der Waals surface area contributed by atoms with Gasteiger partial charge in [0.25, 0.3) is 5.91 Å². The van der Waals surface area contributed by atoms with Crippen LogP contribution in [-0.2, 0) is 22.7 Å². The van der Waals surface area contributed by atoms with Crippen molar-refractivity contribution in [1.29, 1.82) is 0 Å². The highest BCUT2D eigenvalue weighted by atomic mass is 32.2. The van der Waals surface area contributed by atoms with Crippen LogP contribution in [0.4, 0.5) is 0 Å². The zero-order valence-corrected chi connectivity index (χ0v) is 18.1. The van der Waals surface area contributed by atoms with Gasteiger partial charge in [-0.05, 0) is 85.8 Å². The Kier molecular flexibility index (Phi) is 6.09. The molecule has 0 unspecified atom stereocenters. The van der Waals surface area contributed by atoms with Gasteiger partial charge in [0.1, 0.15) is 15.5 Å². The maximum atomic E-state index is 12.6. The fraction of sp³-hybridized carbons (Fsp3) is 0.652. The molecule has 3 atom stereocenters. The van der Waals surface area contributed by atoms with Gasteiger partial charge in [-0.2, -0.15) is 0 Å². The van der Waals surface area contributed by atoms with E-state index in [4.69, 9.17) is 0 Å². The van der Waals surface area contributed by atoms with Crippen LogP contribution >= 0.6 is 0 Å². The van der Waals surface area contributed by atoms with Crippen molar-refractivity contribution in [2.75, 3.05) is 18.6 Å². The Hall–Kier alpha value is -1.69. The molecule has 6 heteroatoms. The van der Waals surface area contributed by atoms with Crippen LogP contribution in [0.2, 0.25) is 0 Å². The minimum atomic E-state index is -3.09. The normalized spacial score (nSPS) is 26.0. The number of rotatable bonds is 7. The molecule has 158 valence electrons. The van der Waals surface area contributed by atoms with E-state index in [0.29, 0.717) is 5.69 Å². The molecule has 1 aromatic heterocycles. The van der Waals surface area contributed by atoms with Crippen LogP contribution in [0.1, 0.15) is 72.1 Å². The summed E-state index contributed by atoms with van der Waals surface area (Å²) in [5.41, 5.74) is 3.92. The highest BCUT2D eigenvalue weighted by Gasteiger charge is 2.38. The van der Waals surface area contributed by atoms with Crippen molar-refractivity contribution in [1.82, 2.24) is 10.3 Å². The van der Waals surface area contributed by atoms with Gasteiger partial charge in [0.2, 0.25) is 0 Å². The Labute approximate surface area is 174 Å². The quantitative estimate of drug-likeness (QED) is 0.737. The average molecular weight is 417 g/mol. The molecule has 0 spiro atoms. The largest absolute Gasteiger partial charge is 0.350 e. The number of pyridine rings is 1. The lowest BCUT2D eigenvalue weighted by Gasteiger charge is -2.21. The first-order valence-corrected chi connectivity index (χ1v) is 13.1. The summed E-state index contributed by atoms with van der Waals surface area (Å²) in [5, 5.41) is 2.72. The van der Waals surface area contributed by atoms with Crippen LogP contribution < -0.4 is 5.32 Å². The molecule has 5 nitrogen and oxygen atoms in total. The number of allylic oxidation sites excluding steroid dienone is 1. The Morgan fingerprint density at radius 1 is 1.21 bits per heavy atom. The lowest BCUT2D eigenvalue weighted by atomic mass is 9.85. The van der Waals surface area contributed by atoms with Crippen LogP contribution in [0.25, 0.3) is 6.08 Å². The predicted molar refractivity (Wildman–Crippen MR) is 116 cm³/mol. The van der Waals surface area contributed by atoms with E-state index < -0.39 is 9.84 Å². The molecule has 3 aliphatic carbocycles. The second-order valence-corrected chi connectivity index (χ2v) is 11.4. The van der Waals surface area contributed by atoms with E-state index in [2.05, 4.69) is 22.5 Å². The van der Waals surface area contributed by atoms with Crippen molar-refractivity contribution in [3.05, 3.63) is 34.7 Å². The second-order valence-electron chi connectivity index (χ2n) is 9.19. The van der Waals surface area contributed by atoms with Gasteiger partial charge in [0.15, 0.2) is 0 Å². The molecule has 0 aromatic carbocycles. The van der Waals surface area contributed by atoms with Crippen LogP contribution in [0, 0.1) is 17.8 Å². The number of sulfone groups is 1. The van der Waals surface area contributed by atoms with E-state index in [-0.39, 0.29) is 18.2 Å². The fourth-order valence-corrected chi connectivity index (χ4v) is 6.06. The van der Waals surface area contributed by atoms with E-state index in [9.17, 15) is 13.2 Å². The SMILES string of the molecule is CS(=O)(=O)CCNC(=O)c1ncc(/C=C/C[C@@H]2C[C@H]3CC[C@@H]2C3)c2c1CCCC2. The van der Waals surface area contributed by atoms with Crippen molar-refractivity contribution in [3.63, 3.8) is 0 Å². The van der Waals surface area contributed by atoms with Crippen LogP contribution in [0.3, 0.4) is 0 Å². The van der Waals surface area contributed by atoms with E-state index in [1.807, 2.05) is 6.20 Å². The molecule has 1 amide bonds. The molecule has 2 bridgehead atoms. The molecule has 0 saturated heterocycles. The van der Waals surface area contributed by atoms with Crippen molar-refractivity contribution in [2.24, 2.45) is 17.8 Å². The number of aromatic nitrogens is 1. The van der Waals surface area contributed by atoms with Gasteiger partial charge in [-0.25, -0.2) is 8.42 Å². The van der Waals surface area contributed by atoms with Gasteiger partial charge in [-0.3, -0.25) is 9.78 Å². The van der Waals surface area contributed by atoms with Gasteiger partial charge in [0.05, 0.1) is 5.75 Å². The third-order valence-electron chi connectivity index (χ3n) is 7.03. The van der Waals surface area contributed by atoms with Gasteiger partial charge >= 0.3 is 0 Å². The first-order chi connectivity index (χ1) is 13.9. The molecule has 2 fully saturated rings.